The number of nitrogens with zero attached hydrogens (tertiary/aromatic N) is 2. The Morgan fingerprint density at radius 2 is 2.19 bits per heavy atom. The number of rotatable bonds is 4. The number of Topliss-reactive ketones (excluding diaryl/α,β-unsaturated/α-hetero) is 1. The first kappa shape index (κ1) is 13.9. The molecule has 1 aromatic heterocycles. The van der Waals surface area contributed by atoms with Crippen LogP contribution in [0.5, 0.6) is 0 Å². The van der Waals surface area contributed by atoms with Crippen molar-refractivity contribution in [2.75, 3.05) is 0 Å². The van der Waals surface area contributed by atoms with E-state index in [0.717, 1.165) is 24.8 Å². The molecule has 1 heterocycles. The molecule has 0 amide bonds. The van der Waals surface area contributed by atoms with E-state index in [0.29, 0.717) is 5.82 Å². The molecule has 0 bridgehead atoms. The Morgan fingerprint density at radius 1 is 1.38 bits per heavy atom. The molecule has 0 radical (unpaired) electrons. The highest BCUT2D eigenvalue weighted by Crippen LogP contribution is 2.35. The Bertz CT molecular complexity index is 655. The predicted octanol–water partition coefficient (Wildman–Crippen LogP) is 2.91. The van der Waals surface area contributed by atoms with E-state index < -0.39 is 18.6 Å². The van der Waals surface area contributed by atoms with E-state index in [9.17, 15) is 13.6 Å². The Morgan fingerprint density at radius 3 is 3.00 bits per heavy atom. The lowest BCUT2D eigenvalue weighted by Crippen LogP contribution is -2.14. The summed E-state index contributed by atoms with van der Waals surface area (Å²) in [5.74, 6) is -0.763. The van der Waals surface area contributed by atoms with Crippen LogP contribution in [0.2, 0.25) is 0 Å². The Labute approximate surface area is 120 Å². The quantitative estimate of drug-likeness (QED) is 0.869. The summed E-state index contributed by atoms with van der Waals surface area (Å²) < 4.78 is 29.4. The van der Waals surface area contributed by atoms with Crippen molar-refractivity contribution in [3.05, 3.63) is 47.1 Å². The van der Waals surface area contributed by atoms with Gasteiger partial charge in [0, 0.05) is 5.92 Å². The van der Waals surface area contributed by atoms with Gasteiger partial charge in [-0.25, -0.2) is 8.78 Å². The molecule has 0 spiro atoms. The maximum Gasteiger partial charge on any atom is 0.296 e. The van der Waals surface area contributed by atoms with Crippen LogP contribution in [-0.4, -0.2) is 22.3 Å². The van der Waals surface area contributed by atoms with E-state index in [2.05, 4.69) is 16.2 Å². The van der Waals surface area contributed by atoms with Crippen molar-refractivity contribution in [2.24, 2.45) is 0 Å². The summed E-state index contributed by atoms with van der Waals surface area (Å²) in [6, 6.07) is 8.05. The van der Waals surface area contributed by atoms with Crippen molar-refractivity contribution in [1.29, 1.82) is 0 Å². The second-order valence-electron chi connectivity index (χ2n) is 5.13. The van der Waals surface area contributed by atoms with Crippen molar-refractivity contribution in [1.82, 2.24) is 10.1 Å². The van der Waals surface area contributed by atoms with Crippen LogP contribution in [0.25, 0.3) is 0 Å². The van der Waals surface area contributed by atoms with Crippen LogP contribution >= 0.6 is 0 Å². The highest BCUT2D eigenvalue weighted by atomic mass is 19.3. The Balaban J connectivity index is 1.83. The zero-order chi connectivity index (χ0) is 14.8. The minimum Gasteiger partial charge on any atom is -0.339 e. The number of hydrogen-bond donors (Lipinski definition) is 0. The minimum absolute atomic E-state index is 0.00843. The third-order valence-corrected chi connectivity index (χ3v) is 3.73. The summed E-state index contributed by atoms with van der Waals surface area (Å²) in [7, 11) is 0. The number of alkyl halides is 2. The lowest BCUT2D eigenvalue weighted by atomic mass is 9.82. The zero-order valence-electron chi connectivity index (χ0n) is 11.3. The van der Waals surface area contributed by atoms with Crippen LogP contribution in [0.3, 0.4) is 0 Å². The molecule has 1 atom stereocenters. The van der Waals surface area contributed by atoms with Gasteiger partial charge in [0.25, 0.3) is 6.43 Å². The molecular weight excluding hydrogens is 278 g/mol. The predicted molar refractivity (Wildman–Crippen MR) is 70.2 cm³/mol. The first-order valence-electron chi connectivity index (χ1n) is 6.86. The van der Waals surface area contributed by atoms with Crippen molar-refractivity contribution in [3.63, 3.8) is 0 Å². The summed E-state index contributed by atoms with van der Waals surface area (Å²) in [4.78, 5) is 15.1. The minimum atomic E-state index is -3.00. The van der Waals surface area contributed by atoms with Gasteiger partial charge in [-0.05, 0) is 30.4 Å². The number of carbonyl (C=O) groups is 1. The maximum atomic E-state index is 12.2. The van der Waals surface area contributed by atoms with Gasteiger partial charge in [-0.3, -0.25) is 4.79 Å². The lowest BCUT2D eigenvalue weighted by molar-refractivity contribution is -0.129. The number of halogens is 2. The van der Waals surface area contributed by atoms with Crippen LogP contribution < -0.4 is 0 Å². The van der Waals surface area contributed by atoms with Crippen molar-refractivity contribution in [2.45, 2.75) is 38.0 Å². The van der Waals surface area contributed by atoms with Crippen molar-refractivity contribution < 1.29 is 18.1 Å². The average molecular weight is 292 g/mol. The van der Waals surface area contributed by atoms with Crippen LogP contribution in [0, 0.1) is 0 Å². The van der Waals surface area contributed by atoms with Crippen LogP contribution in [-0.2, 0) is 17.6 Å². The number of carbonyl (C=O) groups excluding carboxylic acids is 1. The summed E-state index contributed by atoms with van der Waals surface area (Å²) in [6.45, 7) is 0. The SMILES string of the molecule is O=C(Cc1nc(C2CCCc3ccccc32)no1)C(F)F. The highest BCUT2D eigenvalue weighted by Gasteiger charge is 2.27. The Kier molecular flexibility index (Phi) is 3.77. The third-order valence-electron chi connectivity index (χ3n) is 3.73. The maximum absolute atomic E-state index is 12.2. The summed E-state index contributed by atoms with van der Waals surface area (Å²) in [5.41, 5.74) is 2.40. The monoisotopic (exact) mass is 292 g/mol. The second-order valence-corrected chi connectivity index (χ2v) is 5.13. The lowest BCUT2D eigenvalue weighted by Gasteiger charge is -2.22. The van der Waals surface area contributed by atoms with E-state index >= 15 is 0 Å². The Hall–Kier alpha value is -2.11. The van der Waals surface area contributed by atoms with Gasteiger partial charge in [0.15, 0.2) is 5.82 Å². The van der Waals surface area contributed by atoms with Crippen LogP contribution in [0.1, 0.15) is 41.6 Å². The number of fused-ring (bicyclic) bond motifs is 1. The third kappa shape index (κ3) is 2.84. The zero-order valence-corrected chi connectivity index (χ0v) is 11.3. The molecule has 6 heteroatoms. The number of aryl methyl sites for hydroxylation is 1. The molecule has 0 saturated heterocycles. The fourth-order valence-electron chi connectivity index (χ4n) is 2.73. The fourth-order valence-corrected chi connectivity index (χ4v) is 2.73. The molecule has 110 valence electrons. The average Bonchev–Trinajstić information content (AvgIpc) is 2.95. The molecule has 0 aliphatic heterocycles. The fraction of sp³-hybridized carbons (Fsp3) is 0.400. The second kappa shape index (κ2) is 5.71. The summed E-state index contributed by atoms with van der Waals surface area (Å²) >= 11 is 0. The molecule has 0 N–H and O–H groups in total. The molecule has 4 nitrogen and oxygen atoms in total. The first-order valence-corrected chi connectivity index (χ1v) is 6.86. The molecular formula is C15H14F2N2O2. The van der Waals surface area contributed by atoms with Gasteiger partial charge in [-0.15, -0.1) is 0 Å². The van der Waals surface area contributed by atoms with Gasteiger partial charge in [-0.2, -0.15) is 4.98 Å². The molecule has 0 fully saturated rings. The van der Waals surface area contributed by atoms with Gasteiger partial charge >= 0.3 is 0 Å². The molecule has 2 aromatic rings. The smallest absolute Gasteiger partial charge is 0.296 e. The number of aromatic nitrogens is 2. The van der Waals surface area contributed by atoms with Gasteiger partial charge in [0.05, 0.1) is 6.42 Å². The topological polar surface area (TPSA) is 56.0 Å². The van der Waals surface area contributed by atoms with Gasteiger partial charge in [0.2, 0.25) is 11.7 Å². The highest BCUT2D eigenvalue weighted by molar-refractivity contribution is 5.82. The van der Waals surface area contributed by atoms with E-state index in [-0.39, 0.29) is 11.8 Å². The van der Waals surface area contributed by atoms with Gasteiger partial charge in [-0.1, -0.05) is 29.4 Å². The molecule has 0 saturated carbocycles. The molecule has 3 rings (SSSR count). The number of hydrogen-bond acceptors (Lipinski definition) is 4. The standard InChI is InChI=1S/C15H14F2N2O2/c16-14(17)12(20)8-13-18-15(19-21-13)11-7-3-5-9-4-1-2-6-10(9)11/h1-2,4,6,11,14H,3,5,7-8H2. The van der Waals surface area contributed by atoms with Crippen LogP contribution in [0.4, 0.5) is 8.78 Å². The van der Waals surface area contributed by atoms with Gasteiger partial charge < -0.3 is 4.52 Å². The summed E-state index contributed by atoms with van der Waals surface area (Å²) in [5, 5.41) is 3.87. The van der Waals surface area contributed by atoms with E-state index in [1.165, 1.54) is 5.56 Å². The van der Waals surface area contributed by atoms with E-state index in [1.807, 2.05) is 18.2 Å². The van der Waals surface area contributed by atoms with Crippen molar-refractivity contribution >= 4 is 5.78 Å². The molecule has 1 aliphatic carbocycles. The van der Waals surface area contributed by atoms with E-state index in [4.69, 9.17) is 4.52 Å². The molecule has 21 heavy (non-hydrogen) atoms. The largest absolute Gasteiger partial charge is 0.339 e. The first-order chi connectivity index (χ1) is 10.1. The van der Waals surface area contributed by atoms with Gasteiger partial charge in [0.1, 0.15) is 0 Å². The van der Waals surface area contributed by atoms with Crippen LogP contribution in [0.15, 0.2) is 28.8 Å². The summed E-state index contributed by atoms with van der Waals surface area (Å²) in [6.07, 6.45) is -0.601. The van der Waals surface area contributed by atoms with Crippen molar-refractivity contribution in [3.8, 4) is 0 Å². The number of benzene rings is 1. The normalized spacial score (nSPS) is 17.8. The molecule has 1 aliphatic rings. The molecule has 1 unspecified atom stereocenters. The van der Waals surface area contributed by atoms with E-state index in [1.54, 1.807) is 0 Å². The number of ketones is 1. The molecule has 1 aromatic carbocycles.